The van der Waals surface area contributed by atoms with Crippen molar-refractivity contribution < 1.29 is 18.8 Å². The minimum atomic E-state index is -2.17. The first kappa shape index (κ1) is 12.4. The van der Waals surface area contributed by atoms with Gasteiger partial charge in [0.25, 0.3) is 0 Å². The highest BCUT2D eigenvalue weighted by molar-refractivity contribution is 6.89. The van der Waals surface area contributed by atoms with E-state index in [2.05, 4.69) is 0 Å². The molecule has 0 radical (unpaired) electrons. The number of benzene rings is 1. The molecule has 0 aliphatic carbocycles. The fourth-order valence-corrected chi connectivity index (χ4v) is 3.06. The molecule has 0 spiro atoms. The van der Waals surface area contributed by atoms with Crippen LogP contribution in [0, 0.1) is 11.6 Å². The topological polar surface area (TPSA) is 40.5 Å². The minimum absolute atomic E-state index is 0.00750. The molecule has 2 N–H and O–H groups in total. The van der Waals surface area contributed by atoms with Crippen molar-refractivity contribution in [2.75, 3.05) is 0 Å². The van der Waals surface area contributed by atoms with Gasteiger partial charge in [-0.3, -0.25) is 0 Å². The fourth-order valence-electron chi connectivity index (χ4n) is 1.46. The van der Waals surface area contributed by atoms with Gasteiger partial charge in [-0.1, -0.05) is 25.7 Å². The van der Waals surface area contributed by atoms with Crippen molar-refractivity contribution in [1.29, 1.82) is 0 Å². The summed E-state index contributed by atoms with van der Waals surface area (Å²) in [5.41, 5.74) is -0.270. The van der Waals surface area contributed by atoms with E-state index in [4.69, 9.17) is 10.0 Å². The van der Waals surface area contributed by atoms with Gasteiger partial charge >= 0.3 is 7.12 Å². The smallest absolute Gasteiger partial charge is 0.423 e. The maximum atomic E-state index is 13.8. The average molecular weight is 230 g/mol. The largest absolute Gasteiger partial charge is 0.491 e. The molecular formula is C9H13BF2O2Si. The van der Waals surface area contributed by atoms with Crippen LogP contribution < -0.4 is 10.6 Å². The average Bonchev–Trinajstić information content (AvgIpc) is 2.00. The summed E-state index contributed by atoms with van der Waals surface area (Å²) < 4.78 is 27.2. The highest BCUT2D eigenvalue weighted by Crippen LogP contribution is 2.08. The second-order valence-electron chi connectivity index (χ2n) is 4.45. The number of hydrogen-bond acceptors (Lipinski definition) is 2. The molecule has 0 heterocycles. The molecule has 82 valence electrons. The van der Waals surface area contributed by atoms with Crippen LogP contribution in [0.5, 0.6) is 0 Å². The number of halogens is 2. The second-order valence-corrected chi connectivity index (χ2v) is 9.45. The van der Waals surface area contributed by atoms with Crippen molar-refractivity contribution in [1.82, 2.24) is 0 Å². The third kappa shape index (κ3) is 2.45. The predicted octanol–water partition coefficient (Wildman–Crippen LogP) is 0.190. The van der Waals surface area contributed by atoms with Gasteiger partial charge in [-0.05, 0) is 6.07 Å². The summed E-state index contributed by atoms with van der Waals surface area (Å²) >= 11 is 0. The first-order chi connectivity index (χ1) is 6.75. The monoisotopic (exact) mass is 230 g/mol. The Morgan fingerprint density at radius 3 is 2.07 bits per heavy atom. The van der Waals surface area contributed by atoms with Gasteiger partial charge in [0, 0.05) is 10.6 Å². The van der Waals surface area contributed by atoms with Crippen molar-refractivity contribution in [3.8, 4) is 0 Å². The van der Waals surface area contributed by atoms with Gasteiger partial charge in [0.1, 0.15) is 11.6 Å². The Labute approximate surface area is 88.7 Å². The highest BCUT2D eigenvalue weighted by Gasteiger charge is 2.29. The summed E-state index contributed by atoms with van der Waals surface area (Å²) in [6.07, 6.45) is 0. The van der Waals surface area contributed by atoms with Crippen LogP contribution in [0.4, 0.5) is 8.78 Å². The summed E-state index contributed by atoms with van der Waals surface area (Å²) in [5, 5.41) is 17.8. The molecule has 0 bridgehead atoms. The summed E-state index contributed by atoms with van der Waals surface area (Å²) in [6, 6.07) is 2.13. The first-order valence-corrected chi connectivity index (χ1v) is 8.09. The molecule has 0 aliphatic heterocycles. The molecule has 0 atom stereocenters. The quantitative estimate of drug-likeness (QED) is 0.712. The Bertz CT molecular complexity index is 377. The Hall–Kier alpha value is -0.718. The molecule has 6 heteroatoms. The molecule has 1 aromatic rings. The highest BCUT2D eigenvalue weighted by atomic mass is 28.3. The summed E-state index contributed by atoms with van der Waals surface area (Å²) in [5.74, 6) is -1.44. The van der Waals surface area contributed by atoms with E-state index in [1.165, 1.54) is 0 Å². The van der Waals surface area contributed by atoms with Crippen molar-refractivity contribution in [2.24, 2.45) is 0 Å². The lowest BCUT2D eigenvalue weighted by atomic mass is 9.80. The lowest BCUT2D eigenvalue weighted by Gasteiger charge is -2.19. The predicted molar refractivity (Wildman–Crippen MR) is 59.2 cm³/mol. The van der Waals surface area contributed by atoms with Crippen molar-refractivity contribution in [3.05, 3.63) is 23.8 Å². The van der Waals surface area contributed by atoms with Gasteiger partial charge in [-0.2, -0.15) is 0 Å². The summed E-state index contributed by atoms with van der Waals surface area (Å²) in [6.45, 7) is 5.38. The Balaban J connectivity index is 3.44. The van der Waals surface area contributed by atoms with E-state index >= 15 is 0 Å². The molecule has 0 saturated carbocycles. The van der Waals surface area contributed by atoms with Gasteiger partial charge in [0.15, 0.2) is 0 Å². The van der Waals surface area contributed by atoms with Crippen molar-refractivity contribution in [3.63, 3.8) is 0 Å². The lowest BCUT2D eigenvalue weighted by molar-refractivity contribution is 0.423. The van der Waals surface area contributed by atoms with E-state index in [0.717, 1.165) is 12.1 Å². The van der Waals surface area contributed by atoms with E-state index in [1.54, 1.807) is 19.6 Å². The van der Waals surface area contributed by atoms with Crippen LogP contribution in [0.15, 0.2) is 12.1 Å². The fraction of sp³-hybridized carbons (Fsp3) is 0.333. The third-order valence-corrected chi connectivity index (χ3v) is 4.11. The molecule has 0 aliphatic rings. The molecule has 0 unspecified atom stereocenters. The molecule has 15 heavy (non-hydrogen) atoms. The third-order valence-electron chi connectivity index (χ3n) is 2.15. The van der Waals surface area contributed by atoms with E-state index in [-0.39, 0.29) is 10.6 Å². The summed E-state index contributed by atoms with van der Waals surface area (Å²) in [4.78, 5) is 0. The molecule has 2 nitrogen and oxygen atoms in total. The van der Waals surface area contributed by atoms with Crippen LogP contribution in [0.2, 0.25) is 19.6 Å². The zero-order valence-electron chi connectivity index (χ0n) is 8.88. The standard InChI is InChI=1S/C9H13BF2O2Si/c1-15(2,3)9-7(11)5-4-6(8(9)12)10(13)14/h4-5,13-14H,1-3H3. The van der Waals surface area contributed by atoms with Crippen molar-refractivity contribution >= 4 is 25.8 Å². The Morgan fingerprint density at radius 2 is 1.67 bits per heavy atom. The molecule has 0 amide bonds. The minimum Gasteiger partial charge on any atom is -0.423 e. The SMILES string of the molecule is C[Si](C)(C)c1c(F)ccc(B(O)O)c1F. The molecule has 1 aromatic carbocycles. The Kier molecular flexibility index (Phi) is 3.32. The van der Waals surface area contributed by atoms with E-state index < -0.39 is 26.8 Å². The zero-order valence-corrected chi connectivity index (χ0v) is 9.88. The number of rotatable bonds is 2. The zero-order chi connectivity index (χ0) is 11.8. The van der Waals surface area contributed by atoms with Gasteiger partial charge in [-0.25, -0.2) is 8.78 Å². The number of hydrogen-bond donors (Lipinski definition) is 2. The van der Waals surface area contributed by atoms with E-state index in [0.29, 0.717) is 0 Å². The maximum Gasteiger partial charge on any atom is 0.491 e. The van der Waals surface area contributed by atoms with Gasteiger partial charge in [0.2, 0.25) is 0 Å². The first-order valence-electron chi connectivity index (χ1n) is 4.59. The van der Waals surface area contributed by atoms with Gasteiger partial charge < -0.3 is 10.0 Å². The molecule has 1 rings (SSSR count). The molecule has 0 fully saturated rings. The second kappa shape index (κ2) is 4.04. The maximum absolute atomic E-state index is 13.8. The van der Waals surface area contributed by atoms with Crippen LogP contribution in [0.3, 0.4) is 0 Å². The lowest BCUT2D eigenvalue weighted by Crippen LogP contribution is -2.48. The van der Waals surface area contributed by atoms with Crippen LogP contribution in [-0.2, 0) is 0 Å². The van der Waals surface area contributed by atoms with Gasteiger partial charge in [-0.15, -0.1) is 0 Å². The van der Waals surface area contributed by atoms with Gasteiger partial charge in [0.05, 0.1) is 8.07 Å². The van der Waals surface area contributed by atoms with E-state index in [9.17, 15) is 8.78 Å². The van der Waals surface area contributed by atoms with Crippen LogP contribution >= 0.6 is 0 Å². The van der Waals surface area contributed by atoms with E-state index in [1.807, 2.05) is 0 Å². The molecule has 0 aromatic heterocycles. The van der Waals surface area contributed by atoms with Crippen LogP contribution in [0.25, 0.3) is 0 Å². The normalized spacial score (nSPS) is 11.7. The van der Waals surface area contributed by atoms with Crippen molar-refractivity contribution in [2.45, 2.75) is 19.6 Å². The molecule has 0 saturated heterocycles. The van der Waals surface area contributed by atoms with Crippen LogP contribution in [-0.4, -0.2) is 25.2 Å². The summed E-state index contributed by atoms with van der Waals surface area (Å²) in [7, 11) is -4.07. The Morgan fingerprint density at radius 1 is 1.13 bits per heavy atom. The molecular weight excluding hydrogens is 217 g/mol. The van der Waals surface area contributed by atoms with Crippen LogP contribution in [0.1, 0.15) is 0 Å².